The van der Waals surface area contributed by atoms with E-state index in [1.54, 1.807) is 0 Å². The van der Waals surface area contributed by atoms with E-state index in [9.17, 15) is 0 Å². The third-order valence-electron chi connectivity index (χ3n) is 2.01. The monoisotopic (exact) mass is 202 g/mol. The van der Waals surface area contributed by atoms with E-state index in [0.717, 1.165) is 0 Å². The van der Waals surface area contributed by atoms with Crippen molar-refractivity contribution in [2.45, 2.75) is 34.6 Å². The van der Waals surface area contributed by atoms with Crippen molar-refractivity contribution in [1.29, 1.82) is 0 Å². The van der Waals surface area contributed by atoms with E-state index in [-0.39, 0.29) is 0 Å². The maximum atomic E-state index is 2.20. The Labute approximate surface area is 94.3 Å². The first-order valence-corrected chi connectivity index (χ1v) is 5.64. The van der Waals surface area contributed by atoms with Crippen LogP contribution in [0.5, 0.6) is 0 Å². The van der Waals surface area contributed by atoms with Gasteiger partial charge in [-0.25, -0.2) is 0 Å². The molecule has 0 nitrogen and oxygen atoms in total. The van der Waals surface area contributed by atoms with E-state index in [0.29, 0.717) is 0 Å². The molecule has 15 heavy (non-hydrogen) atoms. The van der Waals surface area contributed by atoms with Gasteiger partial charge in [-0.05, 0) is 31.9 Å². The smallest absolute Gasteiger partial charge is 0.0185 e. The Balaban J connectivity index is 0.000000921. The number of hydrogen-bond acceptors (Lipinski definition) is 0. The van der Waals surface area contributed by atoms with Crippen LogP contribution in [0.3, 0.4) is 0 Å². The first-order valence-electron chi connectivity index (χ1n) is 5.64. The van der Waals surface area contributed by atoms with Gasteiger partial charge in [-0.1, -0.05) is 61.9 Å². The van der Waals surface area contributed by atoms with Gasteiger partial charge in [0, 0.05) is 0 Å². The van der Waals surface area contributed by atoms with Crippen LogP contribution in [0.1, 0.15) is 38.8 Å². The van der Waals surface area contributed by atoms with Crippen LogP contribution in [0, 0.1) is 6.92 Å². The van der Waals surface area contributed by atoms with Gasteiger partial charge in [-0.2, -0.15) is 0 Å². The van der Waals surface area contributed by atoms with Crippen molar-refractivity contribution < 1.29 is 0 Å². The van der Waals surface area contributed by atoms with Crippen LogP contribution < -0.4 is 0 Å². The summed E-state index contributed by atoms with van der Waals surface area (Å²) >= 11 is 0. The lowest BCUT2D eigenvalue weighted by Gasteiger charge is -2.02. The zero-order valence-corrected chi connectivity index (χ0v) is 10.5. The molecule has 1 aromatic rings. The lowest BCUT2D eigenvalue weighted by atomic mass is 10.0. The van der Waals surface area contributed by atoms with E-state index in [1.807, 2.05) is 20.8 Å². The fourth-order valence-electron chi connectivity index (χ4n) is 1.36. The average molecular weight is 202 g/mol. The highest BCUT2D eigenvalue weighted by atomic mass is 14.0. The maximum Gasteiger partial charge on any atom is -0.0185 e. The molecular formula is C15H22. The third-order valence-corrected chi connectivity index (χ3v) is 2.01. The summed E-state index contributed by atoms with van der Waals surface area (Å²) in [7, 11) is 0. The molecular weight excluding hydrogens is 180 g/mol. The molecule has 0 saturated heterocycles. The van der Waals surface area contributed by atoms with Crippen LogP contribution in [0.15, 0.2) is 42.5 Å². The highest BCUT2D eigenvalue weighted by Crippen LogP contribution is 2.16. The summed E-state index contributed by atoms with van der Waals surface area (Å²) in [6.07, 6.45) is 6.33. The van der Waals surface area contributed by atoms with Gasteiger partial charge in [-0.15, -0.1) is 0 Å². The van der Waals surface area contributed by atoms with E-state index in [4.69, 9.17) is 0 Å². The Morgan fingerprint density at radius 1 is 1.13 bits per heavy atom. The minimum Gasteiger partial charge on any atom is -0.0871 e. The largest absolute Gasteiger partial charge is 0.0871 e. The van der Waals surface area contributed by atoms with Gasteiger partial charge < -0.3 is 0 Å². The number of rotatable bonds is 2. The fraction of sp³-hybridized carbons (Fsp3) is 0.333. The summed E-state index contributed by atoms with van der Waals surface area (Å²) in [4.78, 5) is 0. The van der Waals surface area contributed by atoms with Crippen molar-refractivity contribution in [3.05, 3.63) is 53.6 Å². The lowest BCUT2D eigenvalue weighted by Crippen LogP contribution is -1.81. The van der Waals surface area contributed by atoms with Crippen LogP contribution in [0.25, 0.3) is 5.57 Å². The quantitative estimate of drug-likeness (QED) is 0.592. The van der Waals surface area contributed by atoms with Crippen molar-refractivity contribution >= 4 is 5.57 Å². The molecule has 0 radical (unpaired) electrons. The van der Waals surface area contributed by atoms with Crippen LogP contribution in [0.2, 0.25) is 0 Å². The summed E-state index contributed by atoms with van der Waals surface area (Å²) in [6.45, 7) is 10.2. The Bertz CT molecular complexity index is 330. The predicted octanol–water partition coefficient (Wildman–Crippen LogP) is 5.00. The van der Waals surface area contributed by atoms with Crippen molar-refractivity contribution in [2.75, 3.05) is 0 Å². The molecule has 1 rings (SSSR count). The minimum absolute atomic E-state index is 1.28. The van der Waals surface area contributed by atoms with E-state index >= 15 is 0 Å². The molecule has 1 aromatic carbocycles. The molecule has 0 aromatic heterocycles. The minimum atomic E-state index is 1.28. The first-order chi connectivity index (χ1) is 7.27. The van der Waals surface area contributed by atoms with Crippen molar-refractivity contribution in [1.82, 2.24) is 0 Å². The Morgan fingerprint density at radius 2 is 1.80 bits per heavy atom. The summed E-state index contributed by atoms with van der Waals surface area (Å²) in [5.74, 6) is 0. The second-order valence-corrected chi connectivity index (χ2v) is 3.11. The summed E-state index contributed by atoms with van der Waals surface area (Å²) in [5, 5.41) is 0. The van der Waals surface area contributed by atoms with Crippen LogP contribution in [-0.2, 0) is 0 Å². The molecule has 0 unspecified atom stereocenters. The number of allylic oxidation sites excluding steroid dienone is 4. The van der Waals surface area contributed by atoms with Gasteiger partial charge in [-0.3, -0.25) is 0 Å². The van der Waals surface area contributed by atoms with Crippen LogP contribution in [-0.4, -0.2) is 0 Å². The second-order valence-electron chi connectivity index (χ2n) is 3.11. The average Bonchev–Trinajstić information content (AvgIpc) is 2.28. The molecule has 0 N–H and O–H groups in total. The molecule has 0 heterocycles. The molecule has 0 amide bonds. The van der Waals surface area contributed by atoms with E-state index in [1.165, 1.54) is 16.7 Å². The summed E-state index contributed by atoms with van der Waals surface area (Å²) in [6, 6.07) is 8.56. The van der Waals surface area contributed by atoms with Gasteiger partial charge in [0.05, 0.1) is 0 Å². The zero-order chi connectivity index (χ0) is 11.7. The van der Waals surface area contributed by atoms with Crippen LogP contribution in [0.4, 0.5) is 0 Å². The number of aryl methyl sites for hydroxylation is 1. The van der Waals surface area contributed by atoms with Crippen molar-refractivity contribution in [2.24, 2.45) is 0 Å². The molecule has 0 heteroatoms. The molecule has 0 fully saturated rings. The standard InChI is InChI=1S/C13H16.C2H6/c1-4-7-12(5-2)13-9-6-8-11(3)10-13;1-2/h4-10H,1-3H3;1-2H3/b7-4-,12-5+;. The zero-order valence-electron chi connectivity index (χ0n) is 10.5. The molecule has 82 valence electrons. The first kappa shape index (κ1) is 13.7. The summed E-state index contributed by atoms with van der Waals surface area (Å²) in [5.41, 5.74) is 3.88. The molecule has 0 bridgehead atoms. The molecule has 0 aliphatic heterocycles. The Morgan fingerprint density at radius 3 is 2.27 bits per heavy atom. The molecule has 0 aliphatic carbocycles. The lowest BCUT2D eigenvalue weighted by molar-refractivity contribution is 1.44. The van der Waals surface area contributed by atoms with Crippen LogP contribution >= 0.6 is 0 Å². The number of hydrogen-bond donors (Lipinski definition) is 0. The topological polar surface area (TPSA) is 0 Å². The van der Waals surface area contributed by atoms with Gasteiger partial charge in [0.1, 0.15) is 0 Å². The Hall–Kier alpha value is -1.30. The second kappa shape index (κ2) is 8.05. The highest BCUT2D eigenvalue weighted by Gasteiger charge is 1.95. The third kappa shape index (κ3) is 4.64. The van der Waals surface area contributed by atoms with Gasteiger partial charge in [0.2, 0.25) is 0 Å². The molecule has 0 aliphatic rings. The van der Waals surface area contributed by atoms with Gasteiger partial charge >= 0.3 is 0 Å². The van der Waals surface area contributed by atoms with Crippen molar-refractivity contribution in [3.8, 4) is 0 Å². The normalized spacial score (nSPS) is 11.1. The van der Waals surface area contributed by atoms with E-state index < -0.39 is 0 Å². The predicted molar refractivity (Wildman–Crippen MR) is 71.0 cm³/mol. The number of benzene rings is 1. The van der Waals surface area contributed by atoms with Gasteiger partial charge in [0.15, 0.2) is 0 Å². The molecule has 0 spiro atoms. The maximum absolute atomic E-state index is 2.20. The fourth-order valence-corrected chi connectivity index (χ4v) is 1.36. The Kier molecular flexibility index (Phi) is 7.35. The highest BCUT2D eigenvalue weighted by molar-refractivity contribution is 5.73. The molecule has 0 atom stereocenters. The SMILES string of the molecule is C/C=C\C(=C/C)c1cccc(C)c1.CC. The van der Waals surface area contributed by atoms with Crippen molar-refractivity contribution in [3.63, 3.8) is 0 Å². The van der Waals surface area contributed by atoms with Gasteiger partial charge in [0.25, 0.3) is 0 Å². The van der Waals surface area contributed by atoms with E-state index in [2.05, 4.69) is 56.3 Å². The summed E-state index contributed by atoms with van der Waals surface area (Å²) < 4.78 is 0. The molecule has 0 saturated carbocycles.